The predicted molar refractivity (Wildman–Crippen MR) is 89.5 cm³/mol. The summed E-state index contributed by atoms with van der Waals surface area (Å²) in [5.41, 5.74) is 1.82. The number of nitrogens with zero attached hydrogens (tertiary/aromatic N) is 3. The molecule has 3 rings (SSSR count). The van der Waals surface area contributed by atoms with Crippen LogP contribution < -0.4 is 4.72 Å². The molecule has 0 amide bonds. The number of pyridine rings is 1. The fourth-order valence-electron chi connectivity index (χ4n) is 1.97. The Kier molecular flexibility index (Phi) is 4.56. The first-order valence-corrected chi connectivity index (χ1v) is 9.01. The molecule has 0 radical (unpaired) electrons. The summed E-state index contributed by atoms with van der Waals surface area (Å²) < 4.78 is 29.5. The van der Waals surface area contributed by atoms with E-state index in [4.69, 9.17) is 0 Å². The SMILES string of the molecule is O=S(=O)(NCc1ccc(-n2ccnc2)cc1)c1ccc(Br)cn1. The Hall–Kier alpha value is -2.03. The van der Waals surface area contributed by atoms with Crippen LogP contribution in [-0.4, -0.2) is 23.0 Å². The van der Waals surface area contributed by atoms with Gasteiger partial charge in [-0.15, -0.1) is 0 Å². The highest BCUT2D eigenvalue weighted by molar-refractivity contribution is 9.10. The van der Waals surface area contributed by atoms with Crippen molar-refractivity contribution in [2.24, 2.45) is 0 Å². The third kappa shape index (κ3) is 3.84. The van der Waals surface area contributed by atoms with Crippen LogP contribution in [-0.2, 0) is 16.6 Å². The number of nitrogens with one attached hydrogen (secondary N) is 1. The molecule has 0 fully saturated rings. The molecule has 0 bridgehead atoms. The standard InChI is InChI=1S/C15H13BrN4O2S/c16-13-3-6-15(18-10-13)23(21,22)19-9-12-1-4-14(5-2-12)20-8-7-17-11-20/h1-8,10-11,19H,9H2. The van der Waals surface area contributed by atoms with Crippen LogP contribution >= 0.6 is 15.9 Å². The van der Waals surface area contributed by atoms with Crippen LogP contribution in [0.3, 0.4) is 0 Å². The van der Waals surface area contributed by atoms with Crippen LogP contribution in [0.15, 0.2) is 70.8 Å². The summed E-state index contributed by atoms with van der Waals surface area (Å²) in [6.07, 6.45) is 6.70. The maximum absolute atomic E-state index is 12.2. The molecule has 0 saturated heterocycles. The zero-order valence-corrected chi connectivity index (χ0v) is 14.3. The molecular weight excluding hydrogens is 380 g/mol. The molecule has 0 saturated carbocycles. The van der Waals surface area contributed by atoms with E-state index in [2.05, 4.69) is 30.6 Å². The van der Waals surface area contributed by atoms with Gasteiger partial charge in [-0.1, -0.05) is 12.1 Å². The van der Waals surface area contributed by atoms with E-state index in [0.717, 1.165) is 15.7 Å². The molecule has 2 heterocycles. The molecule has 1 aromatic carbocycles. The topological polar surface area (TPSA) is 76.9 Å². The molecule has 3 aromatic rings. The van der Waals surface area contributed by atoms with E-state index in [0.29, 0.717) is 0 Å². The van der Waals surface area contributed by atoms with Gasteiger partial charge in [0.15, 0.2) is 5.03 Å². The van der Waals surface area contributed by atoms with Crippen molar-refractivity contribution in [2.75, 3.05) is 0 Å². The average Bonchev–Trinajstić information content (AvgIpc) is 3.08. The van der Waals surface area contributed by atoms with Gasteiger partial charge in [0.1, 0.15) is 0 Å². The van der Waals surface area contributed by atoms with Gasteiger partial charge in [0.05, 0.1) is 6.33 Å². The Balaban J connectivity index is 1.69. The van der Waals surface area contributed by atoms with E-state index < -0.39 is 10.0 Å². The van der Waals surface area contributed by atoms with Gasteiger partial charge in [0.25, 0.3) is 10.0 Å². The van der Waals surface area contributed by atoms with Gasteiger partial charge < -0.3 is 4.57 Å². The summed E-state index contributed by atoms with van der Waals surface area (Å²) in [4.78, 5) is 7.89. The van der Waals surface area contributed by atoms with Crippen LogP contribution in [0.5, 0.6) is 0 Å². The van der Waals surface area contributed by atoms with E-state index in [1.54, 1.807) is 18.6 Å². The number of halogens is 1. The zero-order chi connectivity index (χ0) is 16.3. The Morgan fingerprint density at radius 3 is 2.52 bits per heavy atom. The van der Waals surface area contributed by atoms with Gasteiger partial charge >= 0.3 is 0 Å². The molecular formula is C15H13BrN4O2S. The number of aromatic nitrogens is 3. The van der Waals surface area contributed by atoms with Gasteiger partial charge in [-0.2, -0.15) is 0 Å². The van der Waals surface area contributed by atoms with E-state index in [1.807, 2.05) is 35.0 Å². The molecule has 0 atom stereocenters. The number of benzene rings is 1. The van der Waals surface area contributed by atoms with Crippen molar-refractivity contribution >= 4 is 26.0 Å². The fourth-order valence-corrected chi connectivity index (χ4v) is 3.15. The molecule has 8 heteroatoms. The van der Waals surface area contributed by atoms with E-state index in [-0.39, 0.29) is 11.6 Å². The van der Waals surface area contributed by atoms with Crippen molar-refractivity contribution in [2.45, 2.75) is 11.6 Å². The zero-order valence-electron chi connectivity index (χ0n) is 11.9. The van der Waals surface area contributed by atoms with Gasteiger partial charge in [-0.25, -0.2) is 23.1 Å². The number of hydrogen-bond donors (Lipinski definition) is 1. The molecule has 2 aromatic heterocycles. The monoisotopic (exact) mass is 392 g/mol. The van der Waals surface area contributed by atoms with Crippen molar-refractivity contribution in [3.63, 3.8) is 0 Å². The van der Waals surface area contributed by atoms with E-state index in [9.17, 15) is 8.42 Å². The molecule has 6 nitrogen and oxygen atoms in total. The van der Waals surface area contributed by atoms with E-state index >= 15 is 0 Å². The van der Waals surface area contributed by atoms with Crippen LogP contribution in [0.25, 0.3) is 5.69 Å². The van der Waals surface area contributed by atoms with E-state index in [1.165, 1.54) is 12.3 Å². The summed E-state index contributed by atoms with van der Waals surface area (Å²) in [5.74, 6) is 0. The lowest BCUT2D eigenvalue weighted by atomic mass is 10.2. The van der Waals surface area contributed by atoms with Crippen molar-refractivity contribution in [1.82, 2.24) is 19.3 Å². The molecule has 1 N–H and O–H groups in total. The number of rotatable bonds is 5. The summed E-state index contributed by atoms with van der Waals surface area (Å²) in [6, 6.07) is 10.6. The Morgan fingerprint density at radius 1 is 1.13 bits per heavy atom. The second kappa shape index (κ2) is 6.61. The third-order valence-electron chi connectivity index (χ3n) is 3.18. The molecule has 0 unspecified atom stereocenters. The largest absolute Gasteiger partial charge is 0.306 e. The maximum Gasteiger partial charge on any atom is 0.258 e. The summed E-state index contributed by atoms with van der Waals surface area (Å²) in [6.45, 7) is 0.199. The second-order valence-electron chi connectivity index (χ2n) is 4.78. The Bertz CT molecular complexity index is 876. The van der Waals surface area contributed by atoms with Gasteiger partial charge in [-0.3, -0.25) is 0 Å². The normalized spacial score (nSPS) is 11.5. The summed E-state index contributed by atoms with van der Waals surface area (Å²) in [5, 5.41) is -0.00395. The lowest BCUT2D eigenvalue weighted by molar-refractivity contribution is 0.577. The summed E-state index contributed by atoms with van der Waals surface area (Å²) >= 11 is 3.23. The van der Waals surface area contributed by atoms with Crippen LogP contribution in [0.4, 0.5) is 0 Å². The Labute approximate surface area is 142 Å². The Morgan fingerprint density at radius 2 is 1.91 bits per heavy atom. The lowest BCUT2D eigenvalue weighted by Gasteiger charge is -2.07. The number of sulfonamides is 1. The molecule has 0 spiro atoms. The van der Waals surface area contributed by atoms with Gasteiger partial charge in [0.2, 0.25) is 0 Å². The maximum atomic E-state index is 12.2. The minimum Gasteiger partial charge on any atom is -0.306 e. The number of hydrogen-bond acceptors (Lipinski definition) is 4. The van der Waals surface area contributed by atoms with Crippen molar-refractivity contribution in [3.05, 3.63) is 71.4 Å². The minimum atomic E-state index is -3.63. The predicted octanol–water partition coefficient (Wildman–Crippen LogP) is 2.51. The second-order valence-corrected chi connectivity index (χ2v) is 7.41. The first-order chi connectivity index (χ1) is 11.0. The highest BCUT2D eigenvalue weighted by Crippen LogP contribution is 2.13. The van der Waals surface area contributed by atoms with Crippen molar-refractivity contribution in [1.29, 1.82) is 0 Å². The quantitative estimate of drug-likeness (QED) is 0.723. The highest BCUT2D eigenvalue weighted by Gasteiger charge is 2.14. The lowest BCUT2D eigenvalue weighted by Crippen LogP contribution is -2.24. The van der Waals surface area contributed by atoms with Gasteiger partial charge in [0, 0.05) is 35.3 Å². The third-order valence-corrected chi connectivity index (χ3v) is 4.97. The van der Waals surface area contributed by atoms with Gasteiger partial charge in [-0.05, 0) is 45.8 Å². The molecule has 118 valence electrons. The first kappa shape index (κ1) is 15.9. The smallest absolute Gasteiger partial charge is 0.258 e. The number of imidazole rings is 1. The summed E-state index contributed by atoms with van der Waals surface area (Å²) in [7, 11) is -3.63. The van der Waals surface area contributed by atoms with Crippen molar-refractivity contribution in [3.8, 4) is 5.69 Å². The van der Waals surface area contributed by atoms with Crippen molar-refractivity contribution < 1.29 is 8.42 Å². The average molecular weight is 393 g/mol. The highest BCUT2D eigenvalue weighted by atomic mass is 79.9. The minimum absolute atomic E-state index is 0.00395. The first-order valence-electron chi connectivity index (χ1n) is 6.73. The molecule has 0 aliphatic carbocycles. The fraction of sp³-hybridized carbons (Fsp3) is 0.0667. The molecule has 0 aliphatic rings. The van der Waals surface area contributed by atoms with Crippen LogP contribution in [0, 0.1) is 0 Å². The van der Waals surface area contributed by atoms with Crippen LogP contribution in [0.1, 0.15) is 5.56 Å². The van der Waals surface area contributed by atoms with Crippen LogP contribution in [0.2, 0.25) is 0 Å². The molecule has 23 heavy (non-hydrogen) atoms. The molecule has 0 aliphatic heterocycles.